The summed E-state index contributed by atoms with van der Waals surface area (Å²) in [6.45, 7) is 2.67. The van der Waals surface area contributed by atoms with E-state index in [0.717, 1.165) is 0 Å². The van der Waals surface area contributed by atoms with Gasteiger partial charge in [0.2, 0.25) is 5.91 Å². The van der Waals surface area contributed by atoms with Crippen molar-refractivity contribution in [2.75, 3.05) is 18.5 Å². The second-order valence-corrected chi connectivity index (χ2v) is 4.75. The molecule has 0 aliphatic carbocycles. The Labute approximate surface area is 117 Å². The van der Waals surface area contributed by atoms with Crippen LogP contribution in [0.5, 0.6) is 5.75 Å². The molecule has 2 atom stereocenters. The Kier molecular flexibility index (Phi) is 4.94. The van der Waals surface area contributed by atoms with Gasteiger partial charge in [0.15, 0.2) is 0 Å². The molecule has 0 radical (unpaired) electrons. The number of aliphatic hydroxyl groups excluding tert-OH is 2. The molecule has 1 aliphatic heterocycles. The predicted molar refractivity (Wildman–Crippen MR) is 74.6 cm³/mol. The molecule has 1 fully saturated rings. The number of β-amino-alcohol motifs (C(OH)–C–C–N with tert-alkyl or cyclic N) is 1. The maximum absolute atomic E-state index is 12.0. The van der Waals surface area contributed by atoms with E-state index in [1.165, 1.54) is 0 Å². The number of carbonyl (C=O) groups excluding carboxylic acids is 1. The molecule has 4 N–H and O–H groups in total. The van der Waals surface area contributed by atoms with Crippen molar-refractivity contribution in [3.05, 3.63) is 23.8 Å². The molecule has 110 valence electrons. The molecule has 1 aliphatic rings. The molecule has 2 unspecified atom stereocenters. The third-order valence-electron chi connectivity index (χ3n) is 3.22. The monoisotopic (exact) mass is 280 g/mol. The summed E-state index contributed by atoms with van der Waals surface area (Å²) in [6.07, 6.45) is -0.0607. The van der Waals surface area contributed by atoms with Gasteiger partial charge in [-0.1, -0.05) is 0 Å². The van der Waals surface area contributed by atoms with Crippen molar-refractivity contribution in [3.8, 4) is 5.75 Å². The summed E-state index contributed by atoms with van der Waals surface area (Å²) in [5.41, 5.74) is 1.23. The first-order valence-corrected chi connectivity index (χ1v) is 6.73. The highest BCUT2D eigenvalue weighted by Crippen LogP contribution is 2.23. The van der Waals surface area contributed by atoms with Crippen LogP contribution in [0.1, 0.15) is 18.9 Å². The number of hydrogen-bond donors (Lipinski definition) is 4. The number of rotatable bonds is 5. The van der Waals surface area contributed by atoms with Crippen LogP contribution in [0.4, 0.5) is 5.69 Å². The molecule has 0 bridgehead atoms. The number of amides is 1. The normalized spacial score (nSPS) is 21.8. The third-order valence-corrected chi connectivity index (χ3v) is 3.22. The van der Waals surface area contributed by atoms with Gasteiger partial charge in [-0.2, -0.15) is 0 Å². The summed E-state index contributed by atoms with van der Waals surface area (Å²) in [5.74, 6) is 0.428. The Balaban J connectivity index is 2.04. The van der Waals surface area contributed by atoms with Gasteiger partial charge in [0.25, 0.3) is 0 Å². The molecule has 6 nitrogen and oxygen atoms in total. The third kappa shape index (κ3) is 3.47. The zero-order valence-electron chi connectivity index (χ0n) is 11.4. The van der Waals surface area contributed by atoms with Crippen LogP contribution in [0.2, 0.25) is 0 Å². The highest BCUT2D eigenvalue weighted by molar-refractivity contribution is 5.95. The molecule has 1 aromatic rings. The Morgan fingerprint density at radius 1 is 1.55 bits per heavy atom. The van der Waals surface area contributed by atoms with E-state index in [9.17, 15) is 15.0 Å². The van der Waals surface area contributed by atoms with Gasteiger partial charge in [-0.3, -0.25) is 4.79 Å². The SMILES string of the molecule is CCOc1ccc(NC(=O)C2CC(O)CN2)cc1CO. The summed E-state index contributed by atoms with van der Waals surface area (Å²) in [5, 5.41) is 24.4. The topological polar surface area (TPSA) is 90.8 Å². The zero-order valence-corrected chi connectivity index (χ0v) is 11.4. The van der Waals surface area contributed by atoms with Crippen molar-refractivity contribution in [3.63, 3.8) is 0 Å². The van der Waals surface area contributed by atoms with Crippen molar-refractivity contribution in [1.82, 2.24) is 5.32 Å². The molecule has 0 spiro atoms. The first kappa shape index (κ1) is 14.8. The smallest absolute Gasteiger partial charge is 0.241 e. The van der Waals surface area contributed by atoms with E-state index in [2.05, 4.69) is 10.6 Å². The maximum atomic E-state index is 12.0. The largest absolute Gasteiger partial charge is 0.494 e. The van der Waals surface area contributed by atoms with Gasteiger partial charge in [0.05, 0.1) is 25.4 Å². The maximum Gasteiger partial charge on any atom is 0.241 e. The second kappa shape index (κ2) is 6.69. The summed E-state index contributed by atoms with van der Waals surface area (Å²) >= 11 is 0. The van der Waals surface area contributed by atoms with Gasteiger partial charge >= 0.3 is 0 Å². The number of carbonyl (C=O) groups is 1. The van der Waals surface area contributed by atoms with Crippen LogP contribution < -0.4 is 15.4 Å². The van der Waals surface area contributed by atoms with E-state index in [0.29, 0.717) is 36.6 Å². The quantitative estimate of drug-likeness (QED) is 0.620. The lowest BCUT2D eigenvalue weighted by molar-refractivity contribution is -0.117. The van der Waals surface area contributed by atoms with Gasteiger partial charge in [0, 0.05) is 17.8 Å². The number of hydrogen-bond acceptors (Lipinski definition) is 5. The minimum Gasteiger partial charge on any atom is -0.494 e. The minimum atomic E-state index is -0.473. The number of ether oxygens (including phenoxy) is 1. The van der Waals surface area contributed by atoms with E-state index >= 15 is 0 Å². The average Bonchev–Trinajstić information content (AvgIpc) is 2.87. The average molecular weight is 280 g/mol. The first-order valence-electron chi connectivity index (χ1n) is 6.73. The van der Waals surface area contributed by atoms with Gasteiger partial charge in [-0.25, -0.2) is 0 Å². The molecule has 1 heterocycles. The van der Waals surface area contributed by atoms with E-state index < -0.39 is 6.10 Å². The number of aliphatic hydroxyl groups is 2. The molecule has 1 amide bonds. The minimum absolute atomic E-state index is 0.153. The summed E-state index contributed by atoms with van der Waals surface area (Å²) in [6, 6.07) is 4.76. The van der Waals surface area contributed by atoms with Crippen molar-refractivity contribution >= 4 is 11.6 Å². The lowest BCUT2D eigenvalue weighted by Gasteiger charge is -2.13. The Bertz CT molecular complexity index is 478. The Morgan fingerprint density at radius 2 is 2.35 bits per heavy atom. The van der Waals surface area contributed by atoms with Crippen molar-refractivity contribution in [1.29, 1.82) is 0 Å². The summed E-state index contributed by atoms with van der Waals surface area (Å²) in [4.78, 5) is 12.0. The van der Waals surface area contributed by atoms with E-state index in [-0.39, 0.29) is 18.6 Å². The van der Waals surface area contributed by atoms with Crippen LogP contribution in [0.15, 0.2) is 18.2 Å². The second-order valence-electron chi connectivity index (χ2n) is 4.75. The van der Waals surface area contributed by atoms with Gasteiger partial charge in [-0.15, -0.1) is 0 Å². The van der Waals surface area contributed by atoms with Crippen LogP contribution >= 0.6 is 0 Å². The lowest BCUT2D eigenvalue weighted by atomic mass is 10.1. The fraction of sp³-hybridized carbons (Fsp3) is 0.500. The number of anilines is 1. The molecular formula is C14H20N2O4. The van der Waals surface area contributed by atoms with Gasteiger partial charge in [-0.05, 0) is 31.5 Å². The van der Waals surface area contributed by atoms with Gasteiger partial charge < -0.3 is 25.6 Å². The van der Waals surface area contributed by atoms with E-state index in [4.69, 9.17) is 4.74 Å². The molecule has 2 rings (SSSR count). The molecule has 1 aromatic carbocycles. The fourth-order valence-corrected chi connectivity index (χ4v) is 2.22. The Morgan fingerprint density at radius 3 is 2.95 bits per heavy atom. The number of nitrogens with one attached hydrogen (secondary N) is 2. The zero-order chi connectivity index (χ0) is 14.5. The lowest BCUT2D eigenvalue weighted by Crippen LogP contribution is -2.35. The van der Waals surface area contributed by atoms with Crippen LogP contribution in [-0.4, -0.2) is 41.4 Å². The van der Waals surface area contributed by atoms with Crippen molar-refractivity contribution < 1.29 is 19.7 Å². The first-order chi connectivity index (χ1) is 9.63. The predicted octanol–water partition coefficient (Wildman–Crippen LogP) is 0.239. The summed E-state index contributed by atoms with van der Waals surface area (Å²) < 4.78 is 5.38. The summed E-state index contributed by atoms with van der Waals surface area (Å²) in [7, 11) is 0. The van der Waals surface area contributed by atoms with Crippen LogP contribution in [0.3, 0.4) is 0 Å². The Hall–Kier alpha value is -1.63. The molecule has 0 aromatic heterocycles. The van der Waals surface area contributed by atoms with Gasteiger partial charge in [0.1, 0.15) is 5.75 Å². The van der Waals surface area contributed by atoms with Crippen molar-refractivity contribution in [2.45, 2.75) is 32.1 Å². The molecule has 1 saturated heterocycles. The van der Waals surface area contributed by atoms with E-state index in [1.807, 2.05) is 6.92 Å². The van der Waals surface area contributed by atoms with Crippen molar-refractivity contribution in [2.24, 2.45) is 0 Å². The van der Waals surface area contributed by atoms with Crippen LogP contribution in [0.25, 0.3) is 0 Å². The highest BCUT2D eigenvalue weighted by atomic mass is 16.5. The molecule has 20 heavy (non-hydrogen) atoms. The fourth-order valence-electron chi connectivity index (χ4n) is 2.22. The van der Waals surface area contributed by atoms with Crippen LogP contribution in [0, 0.1) is 0 Å². The number of benzene rings is 1. The molecule has 0 saturated carbocycles. The highest BCUT2D eigenvalue weighted by Gasteiger charge is 2.28. The van der Waals surface area contributed by atoms with Crippen LogP contribution in [-0.2, 0) is 11.4 Å². The molecule has 6 heteroatoms. The van der Waals surface area contributed by atoms with E-state index in [1.54, 1.807) is 18.2 Å². The molecular weight excluding hydrogens is 260 g/mol. The standard InChI is InChI=1S/C14H20N2O4/c1-2-20-13-4-3-10(5-9(13)8-17)16-14(19)12-6-11(18)7-15-12/h3-5,11-12,15,17-18H,2,6-8H2,1H3,(H,16,19).